The van der Waals surface area contributed by atoms with E-state index >= 15 is 0 Å². The van der Waals surface area contributed by atoms with Gasteiger partial charge in [0, 0.05) is 49.8 Å². The molecule has 3 N–H and O–H groups in total. The smallest absolute Gasteiger partial charge is 0.255 e. The molecule has 1 aromatic carbocycles. The van der Waals surface area contributed by atoms with Crippen LogP contribution in [0.5, 0.6) is 0 Å². The number of carbonyl (C=O) groups excluding carboxylic acids is 4. The lowest BCUT2D eigenvalue weighted by Gasteiger charge is -2.29. The van der Waals surface area contributed by atoms with Crippen molar-refractivity contribution in [3.63, 3.8) is 0 Å². The van der Waals surface area contributed by atoms with E-state index in [9.17, 15) is 19.2 Å². The van der Waals surface area contributed by atoms with Gasteiger partial charge in [0.1, 0.15) is 6.04 Å². The Labute approximate surface area is 151 Å². The number of anilines is 1. The molecular weight excluding hydrogens is 336 g/mol. The maximum atomic E-state index is 12.7. The van der Waals surface area contributed by atoms with Crippen LogP contribution in [0.1, 0.15) is 41.6 Å². The number of imide groups is 1. The van der Waals surface area contributed by atoms with Gasteiger partial charge in [0.15, 0.2) is 0 Å². The predicted molar refractivity (Wildman–Crippen MR) is 94.3 cm³/mol. The van der Waals surface area contributed by atoms with Crippen molar-refractivity contribution in [3.8, 4) is 0 Å². The normalized spacial score (nSPS) is 19.2. The molecule has 26 heavy (non-hydrogen) atoms. The highest BCUT2D eigenvalue weighted by molar-refractivity contribution is 6.06. The minimum Gasteiger partial charge on any atom is -0.385 e. The number of rotatable bonds is 6. The van der Waals surface area contributed by atoms with Crippen molar-refractivity contribution in [1.82, 2.24) is 15.5 Å². The topological polar surface area (TPSA) is 108 Å². The zero-order chi connectivity index (χ0) is 18.7. The fraction of sp³-hybridized carbons (Fsp3) is 0.444. The van der Waals surface area contributed by atoms with Crippen LogP contribution in [0.3, 0.4) is 0 Å². The second-order valence-corrected chi connectivity index (χ2v) is 6.44. The Balaban J connectivity index is 1.68. The van der Waals surface area contributed by atoms with Crippen LogP contribution in [-0.4, -0.2) is 48.2 Å². The Morgan fingerprint density at radius 2 is 2.12 bits per heavy atom. The summed E-state index contributed by atoms with van der Waals surface area (Å²) in [7, 11) is 1.61. The van der Waals surface area contributed by atoms with Crippen LogP contribution in [0.4, 0.5) is 5.69 Å². The molecule has 1 fully saturated rings. The molecule has 138 valence electrons. The molecule has 1 saturated heterocycles. The summed E-state index contributed by atoms with van der Waals surface area (Å²) >= 11 is 0. The second kappa shape index (κ2) is 7.55. The summed E-state index contributed by atoms with van der Waals surface area (Å²) in [6, 6.07) is 4.82. The largest absolute Gasteiger partial charge is 0.385 e. The second-order valence-electron chi connectivity index (χ2n) is 6.44. The molecule has 1 atom stereocenters. The van der Waals surface area contributed by atoms with Crippen molar-refractivity contribution in [2.75, 3.05) is 18.9 Å². The molecule has 0 aromatic heterocycles. The Kier molecular flexibility index (Phi) is 5.20. The highest BCUT2D eigenvalue weighted by Gasteiger charge is 2.39. The van der Waals surface area contributed by atoms with E-state index in [0.717, 1.165) is 11.3 Å². The summed E-state index contributed by atoms with van der Waals surface area (Å²) in [5.74, 6) is -0.913. The monoisotopic (exact) mass is 358 g/mol. The number of benzene rings is 1. The molecule has 2 aliphatic rings. The molecule has 1 aromatic rings. The Hall–Kier alpha value is -2.90. The molecule has 0 saturated carbocycles. The summed E-state index contributed by atoms with van der Waals surface area (Å²) in [6.45, 7) is 0.940. The molecule has 0 aliphatic carbocycles. The zero-order valence-electron chi connectivity index (χ0n) is 14.6. The van der Waals surface area contributed by atoms with E-state index in [1.807, 2.05) is 6.07 Å². The fourth-order valence-electron chi connectivity index (χ4n) is 3.35. The molecule has 4 amide bonds. The van der Waals surface area contributed by atoms with Crippen molar-refractivity contribution in [2.45, 2.75) is 38.3 Å². The van der Waals surface area contributed by atoms with Gasteiger partial charge in [-0.3, -0.25) is 24.5 Å². The average Bonchev–Trinajstić information content (AvgIpc) is 2.96. The molecule has 8 nitrogen and oxygen atoms in total. The van der Waals surface area contributed by atoms with Gasteiger partial charge in [-0.2, -0.15) is 0 Å². The first kappa shape index (κ1) is 17.9. The minimum atomic E-state index is -0.617. The van der Waals surface area contributed by atoms with Crippen molar-refractivity contribution < 1.29 is 19.2 Å². The summed E-state index contributed by atoms with van der Waals surface area (Å²) < 4.78 is 0. The lowest BCUT2D eigenvalue weighted by Crippen LogP contribution is -2.52. The van der Waals surface area contributed by atoms with Crippen molar-refractivity contribution in [3.05, 3.63) is 29.3 Å². The van der Waals surface area contributed by atoms with Gasteiger partial charge in [-0.05, 0) is 25.0 Å². The van der Waals surface area contributed by atoms with Crippen molar-refractivity contribution in [1.29, 1.82) is 0 Å². The zero-order valence-corrected chi connectivity index (χ0v) is 14.6. The minimum absolute atomic E-state index is 0.00991. The predicted octanol–water partition coefficient (Wildman–Crippen LogP) is 0.386. The lowest BCUT2D eigenvalue weighted by atomic mass is 10.0. The van der Waals surface area contributed by atoms with Crippen LogP contribution in [0.2, 0.25) is 0 Å². The maximum absolute atomic E-state index is 12.7. The number of amides is 4. The first-order valence-corrected chi connectivity index (χ1v) is 8.72. The van der Waals surface area contributed by atoms with Crippen LogP contribution in [0.15, 0.2) is 18.2 Å². The standard InChI is InChI=1S/C18H22N4O4/c1-19-15(23)6-3-9-20-13-5-2-4-11-12(13)10-22(18(11)26)14-7-8-16(24)21-17(14)25/h2,4-5,14,20H,3,6-10H2,1H3,(H,19,23)(H,21,24,25). The van der Waals surface area contributed by atoms with Gasteiger partial charge in [0.2, 0.25) is 17.7 Å². The number of piperidine rings is 1. The molecule has 1 unspecified atom stereocenters. The highest BCUT2D eigenvalue weighted by Crippen LogP contribution is 2.32. The van der Waals surface area contributed by atoms with E-state index in [2.05, 4.69) is 16.0 Å². The number of nitrogens with one attached hydrogen (secondary N) is 3. The quantitative estimate of drug-likeness (QED) is 0.504. The van der Waals surface area contributed by atoms with Crippen LogP contribution < -0.4 is 16.0 Å². The van der Waals surface area contributed by atoms with E-state index in [-0.39, 0.29) is 24.1 Å². The first-order chi connectivity index (χ1) is 12.5. The van der Waals surface area contributed by atoms with Gasteiger partial charge in [0.25, 0.3) is 5.91 Å². The number of nitrogens with zero attached hydrogens (tertiary/aromatic N) is 1. The Morgan fingerprint density at radius 3 is 2.85 bits per heavy atom. The molecule has 3 rings (SSSR count). The number of carbonyl (C=O) groups is 4. The van der Waals surface area contributed by atoms with Gasteiger partial charge in [-0.15, -0.1) is 0 Å². The summed E-state index contributed by atoms with van der Waals surface area (Å²) in [4.78, 5) is 48.9. The van der Waals surface area contributed by atoms with E-state index < -0.39 is 11.9 Å². The van der Waals surface area contributed by atoms with E-state index in [1.54, 1.807) is 19.2 Å². The van der Waals surface area contributed by atoms with E-state index in [4.69, 9.17) is 0 Å². The van der Waals surface area contributed by atoms with Crippen LogP contribution in [0, 0.1) is 0 Å². The summed E-state index contributed by atoms with van der Waals surface area (Å²) in [5.41, 5.74) is 2.26. The van der Waals surface area contributed by atoms with Gasteiger partial charge in [0.05, 0.1) is 0 Å². The van der Waals surface area contributed by atoms with Gasteiger partial charge in [-0.25, -0.2) is 0 Å². The molecule has 8 heteroatoms. The van der Waals surface area contributed by atoms with Crippen molar-refractivity contribution in [2.24, 2.45) is 0 Å². The van der Waals surface area contributed by atoms with Crippen LogP contribution in [0.25, 0.3) is 0 Å². The number of hydrogen-bond acceptors (Lipinski definition) is 5. The third-order valence-corrected chi connectivity index (χ3v) is 4.76. The third-order valence-electron chi connectivity index (χ3n) is 4.76. The molecule has 2 aliphatic heterocycles. The molecular formula is C18H22N4O4. The maximum Gasteiger partial charge on any atom is 0.255 e. The molecule has 0 bridgehead atoms. The van der Waals surface area contributed by atoms with Gasteiger partial charge < -0.3 is 15.5 Å². The SMILES string of the molecule is CNC(=O)CCCNc1cccc2c1CN(C1CCC(=O)NC1=O)C2=O. The van der Waals surface area contributed by atoms with Crippen LogP contribution in [-0.2, 0) is 20.9 Å². The molecule has 0 spiro atoms. The number of hydrogen-bond donors (Lipinski definition) is 3. The Bertz CT molecular complexity index is 762. The van der Waals surface area contributed by atoms with E-state index in [1.165, 1.54) is 4.90 Å². The Morgan fingerprint density at radius 1 is 1.31 bits per heavy atom. The first-order valence-electron chi connectivity index (χ1n) is 8.72. The average molecular weight is 358 g/mol. The summed E-state index contributed by atoms with van der Waals surface area (Å²) in [5, 5.41) is 8.15. The van der Waals surface area contributed by atoms with E-state index in [0.29, 0.717) is 37.9 Å². The number of fused-ring (bicyclic) bond motifs is 1. The summed E-state index contributed by atoms with van der Waals surface area (Å²) in [6.07, 6.45) is 1.69. The molecule has 0 radical (unpaired) electrons. The van der Waals surface area contributed by atoms with Crippen molar-refractivity contribution >= 4 is 29.3 Å². The third kappa shape index (κ3) is 3.54. The lowest BCUT2D eigenvalue weighted by molar-refractivity contribution is -0.137. The fourth-order valence-corrected chi connectivity index (χ4v) is 3.35. The van der Waals surface area contributed by atoms with Gasteiger partial charge in [-0.1, -0.05) is 6.07 Å². The van der Waals surface area contributed by atoms with Crippen LogP contribution >= 0.6 is 0 Å². The highest BCUT2D eigenvalue weighted by atomic mass is 16.2. The molecule has 2 heterocycles. The van der Waals surface area contributed by atoms with Gasteiger partial charge >= 0.3 is 0 Å².